The van der Waals surface area contributed by atoms with Crippen LogP contribution in [0.5, 0.6) is 5.75 Å². The van der Waals surface area contributed by atoms with Gasteiger partial charge in [0.25, 0.3) is 0 Å². The number of nitriles is 1. The fourth-order valence-electron chi connectivity index (χ4n) is 4.11. The van der Waals surface area contributed by atoms with Gasteiger partial charge in [0.15, 0.2) is 5.43 Å². The smallest absolute Gasteiger partial charge is 0.200 e. The summed E-state index contributed by atoms with van der Waals surface area (Å²) in [6.07, 6.45) is 1.65. The van der Waals surface area contributed by atoms with Gasteiger partial charge in [-0.3, -0.25) is 4.79 Å². The minimum absolute atomic E-state index is 0.174. The predicted octanol–water partition coefficient (Wildman–Crippen LogP) is 5.36. The van der Waals surface area contributed by atoms with E-state index >= 15 is 0 Å². The molecule has 3 aromatic carbocycles. The van der Waals surface area contributed by atoms with E-state index in [-0.39, 0.29) is 11.3 Å². The van der Waals surface area contributed by atoms with Crippen LogP contribution in [0.1, 0.15) is 33.9 Å². The summed E-state index contributed by atoms with van der Waals surface area (Å²) in [6, 6.07) is 25.1. The van der Waals surface area contributed by atoms with Crippen LogP contribution in [-0.4, -0.2) is 7.11 Å². The summed E-state index contributed by atoms with van der Waals surface area (Å²) in [5, 5.41) is 10.3. The average molecular weight is 391 g/mol. The lowest BCUT2D eigenvalue weighted by Crippen LogP contribution is -2.13. The second kappa shape index (κ2) is 7.06. The highest BCUT2D eigenvalue weighted by Gasteiger charge is 2.30. The minimum Gasteiger partial charge on any atom is -0.497 e. The number of hydrogen-bond acceptors (Lipinski definition) is 4. The molecule has 1 heterocycles. The van der Waals surface area contributed by atoms with Crippen molar-refractivity contribution in [2.45, 2.75) is 5.92 Å². The van der Waals surface area contributed by atoms with Crippen LogP contribution in [0.4, 0.5) is 0 Å². The number of methoxy groups -OCH3 is 1. The van der Waals surface area contributed by atoms with Crippen LogP contribution in [0.25, 0.3) is 22.6 Å². The highest BCUT2D eigenvalue weighted by Crippen LogP contribution is 2.41. The summed E-state index contributed by atoms with van der Waals surface area (Å²) in [5.74, 6) is 0.816. The quantitative estimate of drug-likeness (QED) is 0.461. The second-order valence-electron chi connectivity index (χ2n) is 7.17. The summed E-state index contributed by atoms with van der Waals surface area (Å²) in [7, 11) is 1.56. The summed E-state index contributed by atoms with van der Waals surface area (Å²) in [5.41, 5.74) is 3.90. The number of ether oxygens (including phenoxy) is 1. The van der Waals surface area contributed by atoms with E-state index < -0.39 is 0 Å². The summed E-state index contributed by atoms with van der Waals surface area (Å²) >= 11 is 0. The zero-order valence-corrected chi connectivity index (χ0v) is 16.3. The van der Waals surface area contributed by atoms with E-state index in [1.807, 2.05) is 54.6 Å². The number of rotatable bonds is 2. The van der Waals surface area contributed by atoms with Crippen LogP contribution in [0.15, 0.2) is 82.0 Å². The van der Waals surface area contributed by atoms with Gasteiger partial charge in [0.2, 0.25) is 0 Å². The number of fused-ring (bicyclic) bond motifs is 3. The number of benzene rings is 3. The Morgan fingerprint density at radius 1 is 1.00 bits per heavy atom. The molecule has 1 aromatic heterocycles. The first kappa shape index (κ1) is 18.0. The molecule has 0 aliphatic heterocycles. The Bertz CT molecular complexity index is 1410. The maximum absolute atomic E-state index is 13.5. The van der Waals surface area contributed by atoms with Gasteiger partial charge in [-0.25, -0.2) is 0 Å². The number of allylic oxidation sites excluding steroid dienone is 1. The third kappa shape index (κ3) is 2.72. The van der Waals surface area contributed by atoms with E-state index in [0.717, 1.165) is 16.7 Å². The second-order valence-corrected chi connectivity index (χ2v) is 7.17. The van der Waals surface area contributed by atoms with E-state index in [2.05, 4.69) is 6.07 Å². The van der Waals surface area contributed by atoms with Crippen molar-refractivity contribution in [1.82, 2.24) is 0 Å². The zero-order chi connectivity index (χ0) is 20.7. The standard InChI is InChI=1S/C26H17NO3/c1-29-18-11-12-23-21(14-18)25(28)22-13-17(15-27)19-9-5-6-10-20(19)24(26(22)30-23)16-7-3-2-4-8-16/h2-14,24H,1H3. The molecule has 5 rings (SSSR count). The van der Waals surface area contributed by atoms with Crippen LogP contribution >= 0.6 is 0 Å². The van der Waals surface area contributed by atoms with E-state index in [9.17, 15) is 10.1 Å². The molecule has 1 aliphatic rings. The molecule has 1 unspecified atom stereocenters. The summed E-state index contributed by atoms with van der Waals surface area (Å²) in [6.45, 7) is 0. The van der Waals surface area contributed by atoms with E-state index in [4.69, 9.17) is 9.15 Å². The lowest BCUT2D eigenvalue weighted by molar-refractivity contribution is 0.415. The van der Waals surface area contributed by atoms with Crippen molar-refractivity contribution in [1.29, 1.82) is 5.26 Å². The molecular formula is C26H17NO3. The first-order valence-electron chi connectivity index (χ1n) is 9.62. The Balaban J connectivity index is 1.93. The van der Waals surface area contributed by atoms with Gasteiger partial charge in [-0.1, -0.05) is 54.6 Å². The molecule has 4 nitrogen and oxygen atoms in total. The number of nitrogens with zero attached hydrogens (tertiary/aromatic N) is 1. The van der Waals surface area contributed by atoms with Gasteiger partial charge in [0.05, 0.1) is 35.6 Å². The first-order valence-corrected chi connectivity index (χ1v) is 9.62. The molecule has 0 bridgehead atoms. The van der Waals surface area contributed by atoms with Crippen LogP contribution < -0.4 is 10.2 Å². The van der Waals surface area contributed by atoms with Crippen LogP contribution in [0.3, 0.4) is 0 Å². The molecule has 4 aromatic rings. The molecule has 1 atom stereocenters. The Kier molecular flexibility index (Phi) is 4.22. The molecule has 0 amide bonds. The highest BCUT2D eigenvalue weighted by molar-refractivity contribution is 5.94. The van der Waals surface area contributed by atoms with Crippen molar-refractivity contribution in [2.24, 2.45) is 0 Å². The Morgan fingerprint density at radius 2 is 1.77 bits per heavy atom. The van der Waals surface area contributed by atoms with E-state index in [1.165, 1.54) is 0 Å². The summed E-state index contributed by atoms with van der Waals surface area (Å²) < 4.78 is 11.6. The molecule has 0 spiro atoms. The lowest BCUT2D eigenvalue weighted by atomic mass is 9.85. The van der Waals surface area contributed by atoms with Gasteiger partial charge >= 0.3 is 0 Å². The fourth-order valence-corrected chi connectivity index (χ4v) is 4.11. The lowest BCUT2D eigenvalue weighted by Gasteiger charge is -2.20. The summed E-state index contributed by atoms with van der Waals surface area (Å²) in [4.78, 5) is 13.5. The van der Waals surface area contributed by atoms with Gasteiger partial charge < -0.3 is 9.15 Å². The van der Waals surface area contributed by atoms with Crippen molar-refractivity contribution >= 4 is 22.6 Å². The maximum atomic E-state index is 13.5. The monoisotopic (exact) mass is 391 g/mol. The van der Waals surface area contributed by atoms with Crippen LogP contribution in [0.2, 0.25) is 0 Å². The van der Waals surface area contributed by atoms with Crippen molar-refractivity contribution in [3.05, 3.63) is 111 Å². The molecular weight excluding hydrogens is 374 g/mol. The minimum atomic E-state index is -0.307. The van der Waals surface area contributed by atoms with Gasteiger partial charge in [-0.2, -0.15) is 5.26 Å². The molecule has 0 saturated carbocycles. The Labute approximate surface area is 173 Å². The molecule has 0 fully saturated rings. The molecule has 30 heavy (non-hydrogen) atoms. The molecule has 0 saturated heterocycles. The third-order valence-electron chi connectivity index (χ3n) is 5.53. The fraction of sp³-hybridized carbons (Fsp3) is 0.0769. The molecule has 0 radical (unpaired) electrons. The van der Waals surface area contributed by atoms with Crippen molar-refractivity contribution in [3.8, 4) is 11.8 Å². The average Bonchev–Trinajstić information content (AvgIpc) is 2.94. The van der Waals surface area contributed by atoms with E-state index in [1.54, 1.807) is 31.4 Å². The largest absolute Gasteiger partial charge is 0.497 e. The van der Waals surface area contributed by atoms with Crippen molar-refractivity contribution < 1.29 is 9.15 Å². The predicted molar refractivity (Wildman–Crippen MR) is 116 cm³/mol. The van der Waals surface area contributed by atoms with Crippen molar-refractivity contribution in [2.75, 3.05) is 7.11 Å². The van der Waals surface area contributed by atoms with Crippen LogP contribution in [0, 0.1) is 11.3 Å². The van der Waals surface area contributed by atoms with Gasteiger partial charge in [0, 0.05) is 0 Å². The van der Waals surface area contributed by atoms with Gasteiger partial charge in [0.1, 0.15) is 17.1 Å². The molecule has 4 heteroatoms. The molecule has 144 valence electrons. The van der Waals surface area contributed by atoms with Gasteiger partial charge in [-0.15, -0.1) is 0 Å². The topological polar surface area (TPSA) is 63.2 Å². The SMILES string of the molecule is COc1ccc2oc3c(c(=O)c2c1)C=C(C#N)c1ccccc1C3c1ccccc1. The first-order chi connectivity index (χ1) is 14.7. The zero-order valence-electron chi connectivity index (χ0n) is 16.3. The maximum Gasteiger partial charge on any atom is 0.200 e. The molecule has 1 aliphatic carbocycles. The van der Waals surface area contributed by atoms with Gasteiger partial charge in [-0.05, 0) is 41.0 Å². The van der Waals surface area contributed by atoms with Crippen LogP contribution in [-0.2, 0) is 0 Å². The highest BCUT2D eigenvalue weighted by atomic mass is 16.5. The van der Waals surface area contributed by atoms with Crippen molar-refractivity contribution in [3.63, 3.8) is 0 Å². The Hall–Kier alpha value is -4.10. The normalized spacial score (nSPS) is 14.8. The Morgan fingerprint density at radius 3 is 2.53 bits per heavy atom. The number of hydrogen-bond donors (Lipinski definition) is 0. The molecule has 0 N–H and O–H groups in total. The van der Waals surface area contributed by atoms with E-state index in [0.29, 0.717) is 33.6 Å². The third-order valence-corrected chi connectivity index (χ3v) is 5.53.